The van der Waals surface area contributed by atoms with Gasteiger partial charge in [-0.15, -0.1) is 0 Å². The van der Waals surface area contributed by atoms with E-state index >= 15 is 0 Å². The highest BCUT2D eigenvalue weighted by Gasteiger charge is 2.16. The molecule has 0 unspecified atom stereocenters. The molecule has 2 rings (SSSR count). The fourth-order valence-electron chi connectivity index (χ4n) is 2.22. The third-order valence-corrected chi connectivity index (χ3v) is 3.66. The second kappa shape index (κ2) is 6.84. The minimum absolute atomic E-state index is 0.104. The van der Waals surface area contributed by atoms with Crippen molar-refractivity contribution < 1.29 is 9.59 Å². The molecule has 0 spiro atoms. The van der Waals surface area contributed by atoms with Crippen LogP contribution in [0.1, 0.15) is 12.5 Å². The Bertz CT molecular complexity index is 605. The van der Waals surface area contributed by atoms with Crippen LogP contribution in [0.2, 0.25) is 0 Å². The van der Waals surface area contributed by atoms with Gasteiger partial charge in [-0.05, 0) is 23.1 Å². The van der Waals surface area contributed by atoms with Gasteiger partial charge in [0.2, 0.25) is 5.91 Å². The van der Waals surface area contributed by atoms with Crippen LogP contribution in [0.25, 0.3) is 11.1 Å². The van der Waals surface area contributed by atoms with Gasteiger partial charge < -0.3 is 9.69 Å². The van der Waals surface area contributed by atoms with Crippen LogP contribution in [0, 0.1) is 0 Å². The largest absolute Gasteiger partial charge is 0.336 e. The van der Waals surface area contributed by atoms with Gasteiger partial charge in [0.25, 0.3) is 0 Å². The Labute approximate surface area is 125 Å². The van der Waals surface area contributed by atoms with Gasteiger partial charge >= 0.3 is 0 Å². The average molecular weight is 281 g/mol. The number of rotatable bonds is 5. The molecule has 3 nitrogen and oxygen atoms in total. The SMILES string of the molecule is CC(=O)N(C)[C@H](C=O)Cc1ccc(-c2ccccc2)cc1. The minimum atomic E-state index is -0.412. The predicted octanol–water partition coefficient (Wildman–Crippen LogP) is 2.94. The molecule has 3 heteroatoms. The summed E-state index contributed by atoms with van der Waals surface area (Å²) in [4.78, 5) is 24.0. The summed E-state index contributed by atoms with van der Waals surface area (Å²) >= 11 is 0. The van der Waals surface area contributed by atoms with Crippen molar-refractivity contribution in [1.82, 2.24) is 4.90 Å². The molecule has 108 valence electrons. The number of hydrogen-bond donors (Lipinski definition) is 0. The molecule has 1 amide bonds. The number of likely N-dealkylation sites (N-methyl/N-ethyl adjacent to an activating group) is 1. The van der Waals surface area contributed by atoms with Crippen molar-refractivity contribution in [1.29, 1.82) is 0 Å². The van der Waals surface area contributed by atoms with Crippen molar-refractivity contribution in [2.45, 2.75) is 19.4 Å². The lowest BCUT2D eigenvalue weighted by molar-refractivity contribution is -0.132. The van der Waals surface area contributed by atoms with Gasteiger partial charge in [0.1, 0.15) is 6.29 Å². The number of aldehydes is 1. The van der Waals surface area contributed by atoms with Crippen molar-refractivity contribution >= 4 is 12.2 Å². The van der Waals surface area contributed by atoms with Crippen LogP contribution < -0.4 is 0 Å². The maximum atomic E-state index is 11.3. The number of hydrogen-bond acceptors (Lipinski definition) is 2. The smallest absolute Gasteiger partial charge is 0.219 e. The number of nitrogens with zero attached hydrogens (tertiary/aromatic N) is 1. The topological polar surface area (TPSA) is 37.4 Å². The Morgan fingerprint density at radius 3 is 2.14 bits per heavy atom. The molecule has 0 heterocycles. The highest BCUT2D eigenvalue weighted by atomic mass is 16.2. The van der Waals surface area contributed by atoms with Crippen molar-refractivity contribution in [3.05, 3.63) is 60.2 Å². The summed E-state index contributed by atoms with van der Waals surface area (Å²) in [6, 6.07) is 17.8. The van der Waals surface area contributed by atoms with Crippen LogP contribution in [0.3, 0.4) is 0 Å². The molecule has 2 aromatic rings. The number of carbonyl (C=O) groups excluding carboxylic acids is 2. The van der Waals surface area contributed by atoms with Crippen LogP contribution in [0.5, 0.6) is 0 Å². The van der Waals surface area contributed by atoms with E-state index < -0.39 is 6.04 Å². The standard InChI is InChI=1S/C18H19NO2/c1-14(21)19(2)18(13-20)12-15-8-10-17(11-9-15)16-6-4-3-5-7-16/h3-11,13,18H,12H2,1-2H3/t18-/m0/s1. The molecule has 0 N–H and O–H groups in total. The van der Waals surface area contributed by atoms with Crippen molar-refractivity contribution in [2.75, 3.05) is 7.05 Å². The van der Waals surface area contributed by atoms with Gasteiger partial charge in [-0.1, -0.05) is 54.6 Å². The maximum absolute atomic E-state index is 11.3. The van der Waals surface area contributed by atoms with Crippen LogP contribution in [-0.2, 0) is 16.0 Å². The van der Waals surface area contributed by atoms with E-state index in [2.05, 4.69) is 12.1 Å². The normalized spacial score (nSPS) is 11.7. The molecule has 0 aliphatic heterocycles. The van der Waals surface area contributed by atoms with E-state index in [0.717, 1.165) is 23.0 Å². The van der Waals surface area contributed by atoms with Gasteiger partial charge in [-0.25, -0.2) is 0 Å². The Hall–Kier alpha value is -2.42. The molecule has 0 radical (unpaired) electrons. The summed E-state index contributed by atoms with van der Waals surface area (Å²) in [5, 5.41) is 0. The molecule has 1 atom stereocenters. The van der Waals surface area contributed by atoms with E-state index in [4.69, 9.17) is 0 Å². The number of amides is 1. The second-order valence-corrected chi connectivity index (χ2v) is 5.10. The summed E-state index contributed by atoms with van der Waals surface area (Å²) < 4.78 is 0. The van der Waals surface area contributed by atoms with Gasteiger partial charge in [0, 0.05) is 14.0 Å². The monoisotopic (exact) mass is 281 g/mol. The Kier molecular flexibility index (Phi) is 4.88. The summed E-state index contributed by atoms with van der Waals surface area (Å²) in [5.41, 5.74) is 3.35. The molecule has 0 fully saturated rings. The third kappa shape index (κ3) is 3.78. The molecule has 2 aromatic carbocycles. The van der Waals surface area contributed by atoms with E-state index in [1.807, 2.05) is 42.5 Å². The Morgan fingerprint density at radius 1 is 1.05 bits per heavy atom. The fraction of sp³-hybridized carbons (Fsp3) is 0.222. The van der Waals surface area contributed by atoms with Crippen LogP contribution >= 0.6 is 0 Å². The molecule has 0 bridgehead atoms. The summed E-state index contributed by atoms with van der Waals surface area (Å²) in [5.74, 6) is -0.104. The van der Waals surface area contributed by atoms with Crippen LogP contribution in [0.15, 0.2) is 54.6 Å². The van der Waals surface area contributed by atoms with E-state index in [0.29, 0.717) is 6.42 Å². The highest BCUT2D eigenvalue weighted by Crippen LogP contribution is 2.20. The fourth-order valence-corrected chi connectivity index (χ4v) is 2.22. The Morgan fingerprint density at radius 2 is 1.62 bits per heavy atom. The first-order valence-electron chi connectivity index (χ1n) is 6.95. The van der Waals surface area contributed by atoms with Crippen LogP contribution in [0.4, 0.5) is 0 Å². The molecule has 0 saturated carbocycles. The molecule has 21 heavy (non-hydrogen) atoms. The average Bonchev–Trinajstić information content (AvgIpc) is 2.53. The molecule has 0 aromatic heterocycles. The molecular weight excluding hydrogens is 262 g/mol. The lowest BCUT2D eigenvalue weighted by Crippen LogP contribution is -2.38. The van der Waals surface area contributed by atoms with Gasteiger partial charge in [0.15, 0.2) is 0 Å². The molecule has 0 aliphatic carbocycles. The third-order valence-electron chi connectivity index (χ3n) is 3.66. The zero-order valence-electron chi connectivity index (χ0n) is 12.3. The van der Waals surface area contributed by atoms with Gasteiger partial charge in [-0.2, -0.15) is 0 Å². The van der Waals surface area contributed by atoms with E-state index in [-0.39, 0.29) is 5.91 Å². The van der Waals surface area contributed by atoms with Gasteiger partial charge in [-0.3, -0.25) is 4.79 Å². The number of benzene rings is 2. The molecule has 0 aliphatic rings. The Balaban J connectivity index is 2.12. The van der Waals surface area contributed by atoms with Crippen molar-refractivity contribution in [3.63, 3.8) is 0 Å². The van der Waals surface area contributed by atoms with E-state index in [1.54, 1.807) is 7.05 Å². The van der Waals surface area contributed by atoms with E-state index in [1.165, 1.54) is 11.8 Å². The summed E-state index contributed by atoms with van der Waals surface area (Å²) in [7, 11) is 1.65. The molecule has 0 saturated heterocycles. The first-order chi connectivity index (χ1) is 10.1. The second-order valence-electron chi connectivity index (χ2n) is 5.10. The van der Waals surface area contributed by atoms with E-state index in [9.17, 15) is 9.59 Å². The minimum Gasteiger partial charge on any atom is -0.336 e. The predicted molar refractivity (Wildman–Crippen MR) is 83.9 cm³/mol. The highest BCUT2D eigenvalue weighted by molar-refractivity contribution is 5.77. The zero-order chi connectivity index (χ0) is 15.2. The first kappa shape index (κ1) is 15.0. The first-order valence-corrected chi connectivity index (χ1v) is 6.95. The summed E-state index contributed by atoms with van der Waals surface area (Å²) in [6.07, 6.45) is 1.36. The van der Waals surface area contributed by atoms with Crippen molar-refractivity contribution in [2.24, 2.45) is 0 Å². The lowest BCUT2D eigenvalue weighted by atomic mass is 10.0. The quantitative estimate of drug-likeness (QED) is 0.790. The maximum Gasteiger partial charge on any atom is 0.219 e. The van der Waals surface area contributed by atoms with Gasteiger partial charge in [0.05, 0.1) is 6.04 Å². The van der Waals surface area contributed by atoms with Crippen molar-refractivity contribution in [3.8, 4) is 11.1 Å². The lowest BCUT2D eigenvalue weighted by Gasteiger charge is -2.22. The van der Waals surface area contributed by atoms with Crippen LogP contribution in [-0.4, -0.2) is 30.2 Å². The number of carbonyl (C=O) groups is 2. The molecular formula is C18H19NO2. The zero-order valence-corrected chi connectivity index (χ0v) is 12.3. The summed E-state index contributed by atoms with van der Waals surface area (Å²) in [6.45, 7) is 1.47.